The number of aliphatic hydroxyl groups is 1. The summed E-state index contributed by atoms with van der Waals surface area (Å²) in [5.74, 6) is -0.270. The van der Waals surface area contributed by atoms with Gasteiger partial charge in [-0.25, -0.2) is 0 Å². The summed E-state index contributed by atoms with van der Waals surface area (Å²) < 4.78 is 0. The molecule has 2 aromatic carbocycles. The third-order valence-electron chi connectivity index (χ3n) is 2.73. The van der Waals surface area contributed by atoms with Crippen molar-refractivity contribution in [1.82, 2.24) is 0 Å². The fourth-order valence-corrected chi connectivity index (χ4v) is 2.00. The van der Waals surface area contributed by atoms with Crippen molar-refractivity contribution in [2.45, 2.75) is 11.5 Å². The lowest BCUT2D eigenvalue weighted by atomic mass is 10.00. The SMILES string of the molecule is O=C(c1ccccc1)[C@@H](Cl)[C@@H](O)c1ccccc1. The zero-order valence-corrected chi connectivity index (χ0v) is 10.4. The van der Waals surface area contributed by atoms with E-state index in [1.54, 1.807) is 48.5 Å². The first-order valence-corrected chi connectivity index (χ1v) is 6.10. The van der Waals surface area contributed by atoms with E-state index in [0.29, 0.717) is 11.1 Å². The largest absolute Gasteiger partial charge is 0.386 e. The van der Waals surface area contributed by atoms with Crippen LogP contribution in [0.15, 0.2) is 60.7 Å². The average molecular weight is 261 g/mol. The van der Waals surface area contributed by atoms with Crippen molar-refractivity contribution < 1.29 is 9.90 Å². The first-order chi connectivity index (χ1) is 8.70. The molecule has 2 atom stereocenters. The summed E-state index contributed by atoms with van der Waals surface area (Å²) in [6, 6.07) is 17.7. The molecule has 0 amide bonds. The zero-order chi connectivity index (χ0) is 13.0. The Balaban J connectivity index is 2.17. The Kier molecular flexibility index (Phi) is 4.13. The van der Waals surface area contributed by atoms with Crippen LogP contribution >= 0.6 is 11.6 Å². The van der Waals surface area contributed by atoms with Crippen LogP contribution in [0.4, 0.5) is 0 Å². The molecular formula is C15H13ClO2. The molecule has 0 aliphatic rings. The van der Waals surface area contributed by atoms with Crippen molar-refractivity contribution in [3.63, 3.8) is 0 Å². The number of carbonyl (C=O) groups excluding carboxylic acids is 1. The van der Waals surface area contributed by atoms with Gasteiger partial charge < -0.3 is 5.11 Å². The zero-order valence-electron chi connectivity index (χ0n) is 9.66. The summed E-state index contributed by atoms with van der Waals surface area (Å²) in [5.41, 5.74) is 1.15. The summed E-state index contributed by atoms with van der Waals surface area (Å²) in [7, 11) is 0. The molecule has 0 aromatic heterocycles. The van der Waals surface area contributed by atoms with Crippen LogP contribution in [0.3, 0.4) is 0 Å². The van der Waals surface area contributed by atoms with Gasteiger partial charge in [-0.2, -0.15) is 0 Å². The van der Waals surface area contributed by atoms with Crippen molar-refractivity contribution in [2.24, 2.45) is 0 Å². The van der Waals surface area contributed by atoms with E-state index in [9.17, 15) is 9.90 Å². The van der Waals surface area contributed by atoms with Gasteiger partial charge in [-0.3, -0.25) is 4.79 Å². The van der Waals surface area contributed by atoms with Crippen LogP contribution in [-0.4, -0.2) is 16.3 Å². The van der Waals surface area contributed by atoms with E-state index in [1.807, 2.05) is 12.1 Å². The molecule has 2 rings (SSSR count). The number of rotatable bonds is 4. The molecule has 0 bridgehead atoms. The molecule has 2 aromatic rings. The number of halogens is 1. The molecule has 0 aliphatic heterocycles. The molecule has 1 N–H and O–H groups in total. The molecule has 92 valence electrons. The predicted molar refractivity (Wildman–Crippen MR) is 71.8 cm³/mol. The monoisotopic (exact) mass is 260 g/mol. The Labute approximate surface area is 111 Å². The first-order valence-electron chi connectivity index (χ1n) is 5.66. The Morgan fingerprint density at radius 3 is 2.00 bits per heavy atom. The van der Waals surface area contributed by atoms with E-state index in [0.717, 1.165) is 0 Å². The van der Waals surface area contributed by atoms with Crippen molar-refractivity contribution in [2.75, 3.05) is 0 Å². The second-order valence-corrected chi connectivity index (χ2v) is 4.46. The van der Waals surface area contributed by atoms with Crippen molar-refractivity contribution in [3.8, 4) is 0 Å². The lowest BCUT2D eigenvalue weighted by molar-refractivity contribution is 0.0891. The van der Waals surface area contributed by atoms with Gasteiger partial charge in [0.25, 0.3) is 0 Å². The van der Waals surface area contributed by atoms with E-state index in [4.69, 9.17) is 11.6 Å². The minimum atomic E-state index is -0.999. The molecule has 0 saturated heterocycles. The standard InChI is InChI=1S/C15H13ClO2/c16-13(14(17)11-7-3-1-4-8-11)15(18)12-9-5-2-6-10-12/h1-10,13-14,17H/t13-,14-/m0/s1. The lowest BCUT2D eigenvalue weighted by Crippen LogP contribution is -2.22. The van der Waals surface area contributed by atoms with Crippen LogP contribution in [0, 0.1) is 0 Å². The minimum absolute atomic E-state index is 0.270. The fraction of sp³-hybridized carbons (Fsp3) is 0.133. The molecule has 2 nitrogen and oxygen atoms in total. The number of benzene rings is 2. The number of aliphatic hydroxyl groups excluding tert-OH is 1. The number of carbonyl (C=O) groups is 1. The molecule has 0 saturated carbocycles. The molecule has 0 heterocycles. The molecule has 0 spiro atoms. The van der Waals surface area contributed by atoms with Gasteiger partial charge in [0, 0.05) is 5.56 Å². The van der Waals surface area contributed by atoms with Crippen LogP contribution in [0.25, 0.3) is 0 Å². The highest BCUT2D eigenvalue weighted by Gasteiger charge is 2.26. The van der Waals surface area contributed by atoms with Crippen molar-refractivity contribution in [1.29, 1.82) is 0 Å². The van der Waals surface area contributed by atoms with Gasteiger partial charge in [-0.1, -0.05) is 60.7 Å². The Hall–Kier alpha value is -1.64. The fourth-order valence-electron chi connectivity index (χ4n) is 1.72. The van der Waals surface area contributed by atoms with E-state index < -0.39 is 11.5 Å². The molecule has 0 aliphatic carbocycles. The highest BCUT2D eigenvalue weighted by molar-refractivity contribution is 6.34. The third kappa shape index (κ3) is 2.78. The topological polar surface area (TPSA) is 37.3 Å². The predicted octanol–water partition coefficient (Wildman–Crippen LogP) is 3.21. The lowest BCUT2D eigenvalue weighted by Gasteiger charge is -2.16. The third-order valence-corrected chi connectivity index (χ3v) is 3.16. The van der Waals surface area contributed by atoms with E-state index in [-0.39, 0.29) is 5.78 Å². The van der Waals surface area contributed by atoms with Gasteiger partial charge in [-0.15, -0.1) is 11.6 Å². The van der Waals surface area contributed by atoms with Crippen LogP contribution in [0.1, 0.15) is 22.0 Å². The highest BCUT2D eigenvalue weighted by atomic mass is 35.5. The number of hydrogen-bond donors (Lipinski definition) is 1. The quantitative estimate of drug-likeness (QED) is 0.677. The summed E-state index contributed by atoms with van der Waals surface area (Å²) in [5, 5.41) is 9.09. The maximum atomic E-state index is 12.1. The Bertz CT molecular complexity index is 511. The second-order valence-electron chi connectivity index (χ2n) is 3.99. The van der Waals surface area contributed by atoms with Crippen molar-refractivity contribution in [3.05, 3.63) is 71.8 Å². The highest BCUT2D eigenvalue weighted by Crippen LogP contribution is 2.23. The van der Waals surface area contributed by atoms with Gasteiger partial charge in [0.05, 0.1) is 0 Å². The number of Topliss-reactive ketones (excluding diaryl/α,β-unsaturated/α-hetero) is 1. The summed E-state index contributed by atoms with van der Waals surface area (Å²) in [6.45, 7) is 0. The average Bonchev–Trinajstić information content (AvgIpc) is 2.47. The Morgan fingerprint density at radius 2 is 1.44 bits per heavy atom. The van der Waals surface area contributed by atoms with Gasteiger partial charge in [0.15, 0.2) is 5.78 Å². The Morgan fingerprint density at radius 1 is 0.944 bits per heavy atom. The van der Waals surface area contributed by atoms with E-state index >= 15 is 0 Å². The van der Waals surface area contributed by atoms with Crippen LogP contribution in [-0.2, 0) is 0 Å². The van der Waals surface area contributed by atoms with E-state index in [1.165, 1.54) is 0 Å². The minimum Gasteiger partial charge on any atom is -0.386 e. The van der Waals surface area contributed by atoms with E-state index in [2.05, 4.69) is 0 Å². The van der Waals surface area contributed by atoms with Gasteiger partial charge >= 0.3 is 0 Å². The van der Waals surface area contributed by atoms with Gasteiger partial charge in [0.2, 0.25) is 0 Å². The number of alkyl halides is 1. The maximum Gasteiger partial charge on any atom is 0.183 e. The first kappa shape index (κ1) is 12.8. The second kappa shape index (κ2) is 5.80. The molecular weight excluding hydrogens is 248 g/mol. The molecule has 18 heavy (non-hydrogen) atoms. The smallest absolute Gasteiger partial charge is 0.183 e. The maximum absolute atomic E-state index is 12.1. The van der Waals surface area contributed by atoms with Crippen molar-refractivity contribution >= 4 is 17.4 Å². The van der Waals surface area contributed by atoms with Crippen LogP contribution < -0.4 is 0 Å². The normalized spacial score (nSPS) is 13.9. The summed E-state index contributed by atoms with van der Waals surface area (Å²) in [4.78, 5) is 12.1. The molecule has 0 radical (unpaired) electrons. The summed E-state index contributed by atoms with van der Waals surface area (Å²) in [6.07, 6.45) is -0.999. The molecule has 0 unspecified atom stereocenters. The summed E-state index contributed by atoms with van der Waals surface area (Å²) >= 11 is 6.05. The van der Waals surface area contributed by atoms with Crippen LogP contribution in [0.5, 0.6) is 0 Å². The van der Waals surface area contributed by atoms with Gasteiger partial charge in [-0.05, 0) is 5.56 Å². The van der Waals surface area contributed by atoms with Gasteiger partial charge in [0.1, 0.15) is 11.5 Å². The van der Waals surface area contributed by atoms with Crippen LogP contribution in [0.2, 0.25) is 0 Å². The molecule has 3 heteroatoms. The number of hydrogen-bond acceptors (Lipinski definition) is 2. The number of ketones is 1. The molecule has 0 fully saturated rings.